The first kappa shape index (κ1) is 27.3. The van der Waals surface area contributed by atoms with E-state index in [2.05, 4.69) is 29.0 Å². The van der Waals surface area contributed by atoms with E-state index in [9.17, 15) is 14.0 Å². The summed E-state index contributed by atoms with van der Waals surface area (Å²) in [5, 5.41) is 5.22. The monoisotopic (exact) mass is 548 g/mol. The number of piperazine rings is 1. The maximum atomic E-state index is 13.8. The molecule has 3 aromatic rings. The quantitative estimate of drug-likeness (QED) is 0.376. The molecule has 3 heterocycles. The van der Waals surface area contributed by atoms with Gasteiger partial charge in [-0.1, -0.05) is 38.1 Å². The van der Waals surface area contributed by atoms with Crippen LogP contribution in [0.4, 0.5) is 10.1 Å². The van der Waals surface area contributed by atoms with E-state index >= 15 is 0 Å². The van der Waals surface area contributed by atoms with Gasteiger partial charge >= 0.3 is 0 Å². The zero-order chi connectivity index (χ0) is 27.4. The normalized spacial score (nSPS) is 19.8. The summed E-state index contributed by atoms with van der Waals surface area (Å²) in [6.07, 6.45) is 0.856. The zero-order valence-corrected chi connectivity index (χ0v) is 23.5. The van der Waals surface area contributed by atoms with Crippen molar-refractivity contribution in [1.29, 1.82) is 0 Å². The van der Waals surface area contributed by atoms with Crippen molar-refractivity contribution >= 4 is 28.8 Å². The molecule has 0 radical (unpaired) electrons. The molecular formula is C31H37FN4O2S. The van der Waals surface area contributed by atoms with Gasteiger partial charge in [0.15, 0.2) is 0 Å². The molecule has 2 amide bonds. The topological polar surface area (TPSA) is 55.9 Å². The highest BCUT2D eigenvalue weighted by atomic mass is 32.1. The van der Waals surface area contributed by atoms with Crippen LogP contribution in [0.2, 0.25) is 0 Å². The van der Waals surface area contributed by atoms with Crippen molar-refractivity contribution in [2.45, 2.75) is 32.2 Å². The van der Waals surface area contributed by atoms with Crippen LogP contribution in [-0.4, -0.2) is 67.4 Å². The number of carbonyl (C=O) groups excluding carboxylic acids is 2. The second-order valence-electron chi connectivity index (χ2n) is 10.8. The van der Waals surface area contributed by atoms with Gasteiger partial charge in [-0.3, -0.25) is 14.5 Å². The molecular weight excluding hydrogens is 511 g/mol. The van der Waals surface area contributed by atoms with Gasteiger partial charge < -0.3 is 15.1 Å². The Bertz CT molecular complexity index is 1260. The van der Waals surface area contributed by atoms with Crippen molar-refractivity contribution in [3.05, 3.63) is 87.9 Å². The van der Waals surface area contributed by atoms with Crippen LogP contribution in [0.3, 0.4) is 0 Å². The number of rotatable bonds is 9. The van der Waals surface area contributed by atoms with Gasteiger partial charge in [0.2, 0.25) is 5.91 Å². The summed E-state index contributed by atoms with van der Waals surface area (Å²) in [6, 6.07) is 18.0. The summed E-state index contributed by atoms with van der Waals surface area (Å²) in [5.74, 6) is -0.397. The molecule has 1 N–H and O–H groups in total. The molecule has 8 heteroatoms. The lowest BCUT2D eigenvalue weighted by molar-refractivity contribution is -0.124. The summed E-state index contributed by atoms with van der Waals surface area (Å²) in [6.45, 7) is 9.99. The number of benzene rings is 2. The smallest absolute Gasteiger partial charge is 0.254 e. The number of thiophene rings is 1. The highest BCUT2D eigenvalue weighted by Crippen LogP contribution is 2.44. The first-order chi connectivity index (χ1) is 18.9. The molecule has 39 heavy (non-hydrogen) atoms. The first-order valence-electron chi connectivity index (χ1n) is 13.9. The third kappa shape index (κ3) is 6.17. The molecule has 2 aliphatic heterocycles. The molecule has 0 saturated carbocycles. The Balaban J connectivity index is 1.21. The largest absolute Gasteiger partial charge is 0.369 e. The van der Waals surface area contributed by atoms with E-state index < -0.39 is 5.92 Å². The van der Waals surface area contributed by atoms with Crippen molar-refractivity contribution in [2.75, 3.05) is 50.7 Å². The Morgan fingerprint density at radius 2 is 1.77 bits per heavy atom. The summed E-state index contributed by atoms with van der Waals surface area (Å²) in [5.41, 5.74) is 2.50. The van der Waals surface area contributed by atoms with E-state index in [1.807, 2.05) is 58.8 Å². The average molecular weight is 549 g/mol. The van der Waals surface area contributed by atoms with Gasteiger partial charge in [0, 0.05) is 55.4 Å². The van der Waals surface area contributed by atoms with Gasteiger partial charge in [-0.15, -0.1) is 11.3 Å². The van der Waals surface area contributed by atoms with Crippen LogP contribution >= 0.6 is 11.3 Å². The molecule has 1 aromatic heterocycles. The fourth-order valence-electron chi connectivity index (χ4n) is 5.75. The Kier molecular flexibility index (Phi) is 8.63. The number of carbonyl (C=O) groups is 2. The fraction of sp³-hybridized carbons (Fsp3) is 0.419. The minimum Gasteiger partial charge on any atom is -0.369 e. The molecule has 0 unspecified atom stereocenters. The van der Waals surface area contributed by atoms with Gasteiger partial charge in [0.05, 0.1) is 12.0 Å². The Morgan fingerprint density at radius 1 is 1.03 bits per heavy atom. The van der Waals surface area contributed by atoms with Crippen molar-refractivity contribution in [2.24, 2.45) is 5.92 Å². The van der Waals surface area contributed by atoms with Gasteiger partial charge in [-0.2, -0.15) is 0 Å². The second kappa shape index (κ2) is 12.3. The summed E-state index contributed by atoms with van der Waals surface area (Å²) in [7, 11) is 0. The third-order valence-electron chi connectivity index (χ3n) is 7.63. The Labute approximate surface area is 234 Å². The van der Waals surface area contributed by atoms with Crippen LogP contribution in [0.1, 0.15) is 53.0 Å². The van der Waals surface area contributed by atoms with Crippen LogP contribution in [0.5, 0.6) is 0 Å². The summed E-state index contributed by atoms with van der Waals surface area (Å²) in [4.78, 5) is 35.0. The number of fused-ring (bicyclic) bond motifs is 1. The minimum absolute atomic E-state index is 0.00142. The highest BCUT2D eigenvalue weighted by Gasteiger charge is 2.44. The molecule has 0 spiro atoms. The number of nitrogens with zero attached hydrogens (tertiary/aromatic N) is 3. The molecule has 6 nitrogen and oxygen atoms in total. The van der Waals surface area contributed by atoms with Crippen molar-refractivity contribution in [3.8, 4) is 0 Å². The maximum Gasteiger partial charge on any atom is 0.254 e. The molecule has 5 rings (SSSR count). The van der Waals surface area contributed by atoms with E-state index in [1.54, 1.807) is 11.3 Å². The van der Waals surface area contributed by atoms with Gasteiger partial charge in [-0.25, -0.2) is 4.39 Å². The predicted octanol–water partition coefficient (Wildman–Crippen LogP) is 5.15. The lowest BCUT2D eigenvalue weighted by Gasteiger charge is -2.42. The summed E-state index contributed by atoms with van der Waals surface area (Å²) >= 11 is 1.60. The van der Waals surface area contributed by atoms with Crippen LogP contribution < -0.4 is 10.2 Å². The van der Waals surface area contributed by atoms with Crippen molar-refractivity contribution < 1.29 is 14.0 Å². The predicted molar refractivity (Wildman–Crippen MR) is 155 cm³/mol. The van der Waals surface area contributed by atoms with E-state index in [-0.39, 0.29) is 29.6 Å². The van der Waals surface area contributed by atoms with E-state index in [0.29, 0.717) is 18.7 Å². The summed E-state index contributed by atoms with van der Waals surface area (Å²) < 4.78 is 13.2. The Morgan fingerprint density at radius 3 is 2.46 bits per heavy atom. The second-order valence-corrected chi connectivity index (χ2v) is 11.8. The van der Waals surface area contributed by atoms with Crippen molar-refractivity contribution in [3.63, 3.8) is 0 Å². The molecule has 206 valence electrons. The molecule has 0 bridgehead atoms. The number of anilines is 1. The highest BCUT2D eigenvalue weighted by molar-refractivity contribution is 7.10. The number of amides is 2. The minimum atomic E-state index is -0.449. The van der Waals surface area contributed by atoms with Gasteiger partial charge in [0.1, 0.15) is 5.82 Å². The number of hydrogen-bond donors (Lipinski definition) is 1. The van der Waals surface area contributed by atoms with E-state index in [1.165, 1.54) is 12.1 Å². The Hall–Kier alpha value is -3.23. The van der Waals surface area contributed by atoms with E-state index in [4.69, 9.17) is 0 Å². The first-order valence-corrected chi connectivity index (χ1v) is 14.7. The third-order valence-corrected chi connectivity index (χ3v) is 8.58. The lowest BCUT2D eigenvalue weighted by atomic mass is 9.81. The van der Waals surface area contributed by atoms with E-state index in [0.717, 1.165) is 55.3 Å². The lowest BCUT2D eigenvalue weighted by Crippen LogP contribution is -2.49. The number of halogens is 1. The van der Waals surface area contributed by atoms with Crippen LogP contribution in [0.15, 0.2) is 66.0 Å². The molecule has 1 fully saturated rings. The SMILES string of the molecule is CC(C)CN1C(=O)c2ccccc2[C@H](C(=O)NCCCN2CCN(c3ccc(F)cc3)CC2)[C@H]1c1cccs1. The molecule has 2 atom stereocenters. The number of hydrogen-bond acceptors (Lipinski definition) is 5. The molecule has 2 aromatic carbocycles. The fourth-order valence-corrected chi connectivity index (χ4v) is 6.63. The van der Waals surface area contributed by atoms with Gasteiger partial charge in [0.25, 0.3) is 5.91 Å². The average Bonchev–Trinajstić information content (AvgIpc) is 3.48. The van der Waals surface area contributed by atoms with Crippen molar-refractivity contribution in [1.82, 2.24) is 15.1 Å². The molecule has 0 aliphatic carbocycles. The molecule has 1 saturated heterocycles. The van der Waals surface area contributed by atoms with Crippen LogP contribution in [-0.2, 0) is 4.79 Å². The van der Waals surface area contributed by atoms with Gasteiger partial charge in [-0.05, 0) is 66.2 Å². The van der Waals surface area contributed by atoms with Crippen LogP contribution in [0, 0.1) is 11.7 Å². The molecule has 2 aliphatic rings. The number of nitrogens with one attached hydrogen (secondary N) is 1. The zero-order valence-electron chi connectivity index (χ0n) is 22.7. The van der Waals surface area contributed by atoms with Crippen LogP contribution in [0.25, 0.3) is 0 Å². The standard InChI is InChI=1S/C31H37FN4O2S/c1-22(2)21-36-29(27-9-5-20-39-27)28(25-7-3-4-8-26(25)31(36)38)30(37)33-14-6-15-34-16-18-35(19-17-34)24-12-10-23(32)11-13-24/h3-5,7-13,20,22,28-29H,6,14-19,21H2,1-2H3,(H,33,37)/t28-,29+/m0/s1. The maximum absolute atomic E-state index is 13.8.